The van der Waals surface area contributed by atoms with Crippen molar-refractivity contribution >= 4 is 21.6 Å². The number of oxazole rings is 1. The number of hydrogen-bond donors (Lipinski definition) is 2. The first-order chi connectivity index (χ1) is 18.7. The highest BCUT2D eigenvalue weighted by Crippen LogP contribution is 2.36. The molecule has 0 fully saturated rings. The van der Waals surface area contributed by atoms with E-state index in [4.69, 9.17) is 14.7 Å². The zero-order valence-corrected chi connectivity index (χ0v) is 22.7. The number of nitrogens with two attached hydrogens (primary N) is 1. The van der Waals surface area contributed by atoms with Crippen LogP contribution >= 0.6 is 0 Å². The lowest BCUT2D eigenvalue weighted by Gasteiger charge is -2.18. The van der Waals surface area contributed by atoms with Crippen LogP contribution in [0.25, 0.3) is 22.6 Å². The molecule has 0 amide bonds. The fourth-order valence-corrected chi connectivity index (χ4v) is 5.79. The molecule has 0 aliphatic carbocycles. The third kappa shape index (κ3) is 5.42. The van der Waals surface area contributed by atoms with Gasteiger partial charge in [0, 0.05) is 28.8 Å². The average molecular weight is 544 g/mol. The molecule has 5 aromatic rings. The van der Waals surface area contributed by atoms with Crippen LogP contribution in [0.15, 0.2) is 87.1 Å². The Hall–Kier alpha value is -4.44. The average Bonchev–Trinajstić information content (AvgIpc) is 3.58. The summed E-state index contributed by atoms with van der Waals surface area (Å²) < 4.78 is 40.4. The third-order valence-corrected chi connectivity index (χ3v) is 8.21. The van der Waals surface area contributed by atoms with Gasteiger partial charge in [-0.2, -0.15) is 0 Å². The van der Waals surface area contributed by atoms with Crippen molar-refractivity contribution in [2.24, 2.45) is 0 Å². The second kappa shape index (κ2) is 10.7. The summed E-state index contributed by atoms with van der Waals surface area (Å²) in [5.74, 6) is 0.676. The normalized spacial score (nSPS) is 12.4. The number of rotatable bonds is 9. The number of pyridine rings is 1. The Labute approximate surface area is 227 Å². The molecule has 0 aliphatic heterocycles. The van der Waals surface area contributed by atoms with Crippen molar-refractivity contribution in [2.75, 3.05) is 10.5 Å². The summed E-state index contributed by atoms with van der Waals surface area (Å²) in [7, 11) is -3.99. The van der Waals surface area contributed by atoms with E-state index in [1.807, 2.05) is 36.4 Å². The smallest absolute Gasteiger partial charge is 0.264 e. The minimum absolute atomic E-state index is 0.0859. The molecule has 5 rings (SSSR count). The van der Waals surface area contributed by atoms with Crippen LogP contribution in [0.1, 0.15) is 41.8 Å². The van der Waals surface area contributed by atoms with Gasteiger partial charge in [-0.3, -0.25) is 4.98 Å². The second-order valence-electron chi connectivity index (χ2n) is 9.45. The van der Waals surface area contributed by atoms with Gasteiger partial charge in [-0.05, 0) is 68.1 Å². The summed E-state index contributed by atoms with van der Waals surface area (Å²) in [5.41, 5.74) is 12.0. The number of aromatic nitrogens is 3. The number of hydrogen-bond acceptors (Lipinski definition) is 8. The van der Waals surface area contributed by atoms with E-state index in [1.165, 1.54) is 6.26 Å². The molecule has 0 saturated heterocycles. The molecule has 10 heteroatoms. The van der Waals surface area contributed by atoms with E-state index in [0.29, 0.717) is 34.8 Å². The first-order valence-corrected chi connectivity index (χ1v) is 14.0. The van der Waals surface area contributed by atoms with Gasteiger partial charge in [0.1, 0.15) is 6.26 Å². The van der Waals surface area contributed by atoms with Gasteiger partial charge >= 0.3 is 0 Å². The SMILES string of the molecule is Cc1noc(NS(=O)(=O)c2ccccc2-c2ccc(-c3ncco3)cc2CC[C@H](C)c2ncccc2N)c1C. The van der Waals surface area contributed by atoms with Crippen molar-refractivity contribution in [3.05, 3.63) is 95.8 Å². The topological polar surface area (TPSA) is 137 Å². The van der Waals surface area contributed by atoms with Crippen molar-refractivity contribution < 1.29 is 17.4 Å². The maximum atomic E-state index is 13.6. The van der Waals surface area contributed by atoms with Crippen LogP contribution in [0.5, 0.6) is 0 Å². The molecule has 39 heavy (non-hydrogen) atoms. The van der Waals surface area contributed by atoms with Crippen molar-refractivity contribution in [1.29, 1.82) is 0 Å². The molecule has 0 saturated carbocycles. The van der Waals surface area contributed by atoms with Gasteiger partial charge in [0.15, 0.2) is 0 Å². The van der Waals surface area contributed by atoms with Crippen molar-refractivity contribution in [3.8, 4) is 22.6 Å². The largest absolute Gasteiger partial charge is 0.445 e. The Morgan fingerprint density at radius 3 is 2.54 bits per heavy atom. The summed E-state index contributed by atoms with van der Waals surface area (Å²) in [6, 6.07) is 16.4. The number of nitrogens with zero attached hydrogens (tertiary/aromatic N) is 3. The number of nitrogen functional groups attached to an aromatic ring is 1. The first kappa shape index (κ1) is 26.2. The van der Waals surface area contributed by atoms with Gasteiger partial charge < -0.3 is 14.7 Å². The lowest BCUT2D eigenvalue weighted by Crippen LogP contribution is -2.14. The summed E-state index contributed by atoms with van der Waals surface area (Å²) in [4.78, 5) is 8.89. The molecule has 0 bridgehead atoms. The van der Waals surface area contributed by atoms with Crippen molar-refractivity contribution in [1.82, 2.24) is 15.1 Å². The molecule has 0 aliphatic rings. The maximum absolute atomic E-state index is 13.6. The first-order valence-electron chi connectivity index (χ1n) is 12.5. The van der Waals surface area contributed by atoms with Gasteiger partial charge in [-0.15, -0.1) is 0 Å². The van der Waals surface area contributed by atoms with Crippen molar-refractivity contribution in [2.45, 2.75) is 44.4 Å². The zero-order valence-electron chi connectivity index (χ0n) is 21.9. The minimum Gasteiger partial charge on any atom is -0.445 e. The lowest BCUT2D eigenvalue weighted by molar-refractivity contribution is 0.430. The van der Waals surface area contributed by atoms with Crippen LogP contribution in [-0.2, 0) is 16.4 Å². The maximum Gasteiger partial charge on any atom is 0.264 e. The number of aryl methyl sites for hydroxylation is 2. The predicted molar refractivity (Wildman–Crippen MR) is 150 cm³/mol. The van der Waals surface area contributed by atoms with E-state index in [0.717, 1.165) is 28.8 Å². The number of nitrogens with one attached hydrogen (secondary N) is 1. The molecule has 9 nitrogen and oxygen atoms in total. The monoisotopic (exact) mass is 543 g/mol. The van der Waals surface area contributed by atoms with E-state index in [-0.39, 0.29) is 16.7 Å². The Kier molecular flexibility index (Phi) is 7.21. The molecular weight excluding hydrogens is 514 g/mol. The summed E-state index contributed by atoms with van der Waals surface area (Å²) in [6.45, 7) is 5.59. The summed E-state index contributed by atoms with van der Waals surface area (Å²) >= 11 is 0. The van der Waals surface area contributed by atoms with Crippen LogP contribution < -0.4 is 10.5 Å². The van der Waals surface area contributed by atoms with Gasteiger partial charge in [0.25, 0.3) is 10.0 Å². The van der Waals surface area contributed by atoms with Crippen LogP contribution in [0.3, 0.4) is 0 Å². The Balaban J connectivity index is 1.55. The predicted octanol–water partition coefficient (Wildman–Crippen LogP) is 6.13. The highest BCUT2D eigenvalue weighted by molar-refractivity contribution is 7.92. The van der Waals surface area contributed by atoms with Crippen molar-refractivity contribution in [3.63, 3.8) is 0 Å². The number of sulfonamides is 1. The van der Waals surface area contributed by atoms with Gasteiger partial charge in [-0.1, -0.05) is 36.3 Å². The molecule has 0 spiro atoms. The highest BCUT2D eigenvalue weighted by atomic mass is 32.2. The molecule has 200 valence electrons. The quantitative estimate of drug-likeness (QED) is 0.227. The standard InChI is InChI=1S/C29H29N5O4S/c1-18(27-25(30)8-6-14-31-27)10-11-21-17-22(29-32-15-16-37-29)12-13-23(21)24-7-4-5-9-26(24)39(35,36)34-28-19(2)20(3)33-38-28/h4-9,12-18,34H,10-11,30H2,1-3H3/t18-/m0/s1. The van der Waals surface area contributed by atoms with Gasteiger partial charge in [0.05, 0.1) is 28.2 Å². The number of anilines is 2. The zero-order chi connectivity index (χ0) is 27.6. The van der Waals surface area contributed by atoms with Gasteiger partial charge in [-0.25, -0.2) is 18.1 Å². The van der Waals surface area contributed by atoms with E-state index in [2.05, 4.69) is 26.8 Å². The second-order valence-corrected chi connectivity index (χ2v) is 11.1. The fourth-order valence-electron chi connectivity index (χ4n) is 4.52. The molecule has 3 heterocycles. The summed E-state index contributed by atoms with van der Waals surface area (Å²) in [5, 5.41) is 3.86. The van der Waals surface area contributed by atoms with Crippen LogP contribution in [0.4, 0.5) is 11.6 Å². The molecule has 2 aromatic carbocycles. The molecule has 0 unspecified atom stereocenters. The lowest BCUT2D eigenvalue weighted by atomic mass is 9.91. The van der Waals surface area contributed by atoms with E-state index in [1.54, 1.807) is 44.4 Å². The van der Waals surface area contributed by atoms with Crippen LogP contribution in [0.2, 0.25) is 0 Å². The molecular formula is C29H29N5O4S. The Bertz CT molecular complexity index is 1710. The minimum atomic E-state index is -3.99. The molecule has 0 radical (unpaired) electrons. The molecule has 3 aromatic heterocycles. The molecule has 3 N–H and O–H groups in total. The van der Waals surface area contributed by atoms with Crippen LogP contribution in [-0.4, -0.2) is 23.5 Å². The van der Waals surface area contributed by atoms with Gasteiger partial charge in [0.2, 0.25) is 11.8 Å². The van der Waals surface area contributed by atoms with E-state index >= 15 is 0 Å². The molecule has 1 atom stereocenters. The highest BCUT2D eigenvalue weighted by Gasteiger charge is 2.24. The Morgan fingerprint density at radius 1 is 1.00 bits per heavy atom. The third-order valence-electron chi connectivity index (χ3n) is 6.82. The van der Waals surface area contributed by atoms with E-state index < -0.39 is 10.0 Å². The van der Waals surface area contributed by atoms with Crippen LogP contribution in [0, 0.1) is 13.8 Å². The summed E-state index contributed by atoms with van der Waals surface area (Å²) in [6.07, 6.45) is 6.24. The Morgan fingerprint density at radius 2 is 1.82 bits per heavy atom. The van der Waals surface area contributed by atoms with E-state index in [9.17, 15) is 8.42 Å². The fraction of sp³-hybridized carbons (Fsp3) is 0.207. The number of benzene rings is 2.